The molecule has 0 aliphatic rings. The van der Waals surface area contributed by atoms with E-state index in [-0.39, 0.29) is 0 Å². The maximum atomic E-state index is 11.4. The summed E-state index contributed by atoms with van der Waals surface area (Å²) < 4.78 is 0. The standard InChI is InChI=1S/C13H20N2O2/c1-10(2)6-8-15-13(3,12(16)17)11-5-4-7-14-9-11/h4-5,7,9-10,15H,6,8H2,1-3H3,(H,16,17). The van der Waals surface area contributed by atoms with Crippen LogP contribution in [-0.4, -0.2) is 22.6 Å². The van der Waals surface area contributed by atoms with E-state index in [1.54, 1.807) is 31.5 Å². The van der Waals surface area contributed by atoms with Gasteiger partial charge in [-0.2, -0.15) is 0 Å². The van der Waals surface area contributed by atoms with E-state index in [4.69, 9.17) is 0 Å². The topological polar surface area (TPSA) is 62.2 Å². The van der Waals surface area contributed by atoms with E-state index in [0.717, 1.165) is 6.42 Å². The predicted octanol–water partition coefficient (Wildman–Crippen LogP) is 2.02. The van der Waals surface area contributed by atoms with Gasteiger partial charge in [0.2, 0.25) is 0 Å². The van der Waals surface area contributed by atoms with Crippen LogP contribution >= 0.6 is 0 Å². The fourth-order valence-corrected chi connectivity index (χ4v) is 1.57. The third-order valence-corrected chi connectivity index (χ3v) is 2.87. The summed E-state index contributed by atoms with van der Waals surface area (Å²) in [5.74, 6) is -0.330. The molecule has 0 saturated heterocycles. The van der Waals surface area contributed by atoms with Crippen molar-refractivity contribution in [3.05, 3.63) is 30.1 Å². The molecule has 2 N–H and O–H groups in total. The van der Waals surface area contributed by atoms with E-state index in [2.05, 4.69) is 24.1 Å². The molecule has 1 rings (SSSR count). The predicted molar refractivity (Wildman–Crippen MR) is 66.7 cm³/mol. The van der Waals surface area contributed by atoms with Gasteiger partial charge < -0.3 is 5.11 Å². The maximum absolute atomic E-state index is 11.4. The van der Waals surface area contributed by atoms with Crippen LogP contribution in [0.25, 0.3) is 0 Å². The highest BCUT2D eigenvalue weighted by Crippen LogP contribution is 2.20. The summed E-state index contributed by atoms with van der Waals surface area (Å²) in [5, 5.41) is 12.5. The molecule has 17 heavy (non-hydrogen) atoms. The Morgan fingerprint density at radius 3 is 2.76 bits per heavy atom. The monoisotopic (exact) mass is 236 g/mol. The van der Waals surface area contributed by atoms with Crippen molar-refractivity contribution in [2.45, 2.75) is 32.7 Å². The number of carboxylic acids is 1. The van der Waals surface area contributed by atoms with Crippen molar-refractivity contribution in [2.75, 3.05) is 6.54 Å². The summed E-state index contributed by atoms with van der Waals surface area (Å²) >= 11 is 0. The van der Waals surface area contributed by atoms with Crippen molar-refractivity contribution in [3.63, 3.8) is 0 Å². The molecule has 0 aromatic carbocycles. The first-order valence-electron chi connectivity index (χ1n) is 5.85. The second-order valence-corrected chi connectivity index (χ2v) is 4.78. The van der Waals surface area contributed by atoms with Crippen LogP contribution in [0.2, 0.25) is 0 Å². The summed E-state index contributed by atoms with van der Waals surface area (Å²) in [4.78, 5) is 15.4. The van der Waals surface area contributed by atoms with Gasteiger partial charge in [0.25, 0.3) is 0 Å². The van der Waals surface area contributed by atoms with E-state index < -0.39 is 11.5 Å². The Morgan fingerprint density at radius 1 is 1.59 bits per heavy atom. The molecule has 1 unspecified atom stereocenters. The number of rotatable bonds is 6. The molecule has 0 aliphatic carbocycles. The SMILES string of the molecule is CC(C)CCNC(C)(C(=O)O)c1cccnc1. The summed E-state index contributed by atoms with van der Waals surface area (Å²) in [7, 11) is 0. The molecular weight excluding hydrogens is 216 g/mol. The van der Waals surface area contributed by atoms with Crippen molar-refractivity contribution in [2.24, 2.45) is 5.92 Å². The minimum Gasteiger partial charge on any atom is -0.480 e. The Labute approximate surface area is 102 Å². The van der Waals surface area contributed by atoms with Gasteiger partial charge in [-0.1, -0.05) is 19.9 Å². The molecule has 0 bridgehead atoms. The molecular formula is C13H20N2O2. The number of hydrogen-bond donors (Lipinski definition) is 2. The van der Waals surface area contributed by atoms with Gasteiger partial charge in [-0.3, -0.25) is 10.3 Å². The number of carbonyl (C=O) groups is 1. The average molecular weight is 236 g/mol. The van der Waals surface area contributed by atoms with Gasteiger partial charge in [-0.05, 0) is 31.9 Å². The fourth-order valence-electron chi connectivity index (χ4n) is 1.57. The first-order chi connectivity index (χ1) is 7.97. The van der Waals surface area contributed by atoms with Gasteiger partial charge >= 0.3 is 5.97 Å². The second kappa shape index (κ2) is 5.77. The Bertz CT molecular complexity index is 365. The number of aromatic nitrogens is 1. The molecule has 0 radical (unpaired) electrons. The lowest BCUT2D eigenvalue weighted by atomic mass is 9.93. The molecule has 0 amide bonds. The highest BCUT2D eigenvalue weighted by Gasteiger charge is 2.34. The van der Waals surface area contributed by atoms with Gasteiger partial charge in [0.1, 0.15) is 5.54 Å². The maximum Gasteiger partial charge on any atom is 0.328 e. The molecule has 1 atom stereocenters. The van der Waals surface area contributed by atoms with Gasteiger partial charge in [-0.15, -0.1) is 0 Å². The van der Waals surface area contributed by atoms with Gasteiger partial charge in [0, 0.05) is 18.0 Å². The minimum atomic E-state index is -1.07. The molecule has 4 nitrogen and oxygen atoms in total. The van der Waals surface area contributed by atoms with E-state index in [1.807, 2.05) is 0 Å². The molecule has 0 spiro atoms. The van der Waals surface area contributed by atoms with Crippen LogP contribution < -0.4 is 5.32 Å². The first kappa shape index (κ1) is 13.6. The number of aliphatic carboxylic acids is 1. The quantitative estimate of drug-likeness (QED) is 0.793. The molecule has 94 valence electrons. The van der Waals surface area contributed by atoms with Crippen LogP contribution in [0, 0.1) is 5.92 Å². The number of hydrogen-bond acceptors (Lipinski definition) is 3. The largest absolute Gasteiger partial charge is 0.480 e. The highest BCUT2D eigenvalue weighted by atomic mass is 16.4. The Hall–Kier alpha value is -1.42. The molecule has 0 fully saturated rings. The normalized spacial score (nSPS) is 14.6. The Morgan fingerprint density at radius 2 is 2.29 bits per heavy atom. The van der Waals surface area contributed by atoms with Crippen LogP contribution in [0.15, 0.2) is 24.5 Å². The van der Waals surface area contributed by atoms with Gasteiger partial charge in [0.15, 0.2) is 0 Å². The molecule has 1 aromatic heterocycles. The summed E-state index contributed by atoms with van der Waals surface area (Å²) in [6.45, 7) is 6.58. The summed E-state index contributed by atoms with van der Waals surface area (Å²) in [6, 6.07) is 3.53. The summed E-state index contributed by atoms with van der Waals surface area (Å²) in [5.41, 5.74) is -0.389. The third kappa shape index (κ3) is 3.53. The lowest BCUT2D eigenvalue weighted by molar-refractivity contribution is -0.144. The molecule has 0 aliphatic heterocycles. The number of pyridine rings is 1. The zero-order valence-electron chi connectivity index (χ0n) is 10.6. The second-order valence-electron chi connectivity index (χ2n) is 4.78. The smallest absolute Gasteiger partial charge is 0.328 e. The van der Waals surface area contributed by atoms with Crippen LogP contribution in [0.5, 0.6) is 0 Å². The average Bonchev–Trinajstić information content (AvgIpc) is 2.29. The van der Waals surface area contributed by atoms with Crippen LogP contribution in [-0.2, 0) is 10.3 Å². The van der Waals surface area contributed by atoms with E-state index in [1.165, 1.54) is 0 Å². The van der Waals surface area contributed by atoms with E-state index >= 15 is 0 Å². The fraction of sp³-hybridized carbons (Fsp3) is 0.538. The lowest BCUT2D eigenvalue weighted by Gasteiger charge is -2.27. The third-order valence-electron chi connectivity index (χ3n) is 2.87. The molecule has 4 heteroatoms. The van der Waals surface area contributed by atoms with Crippen molar-refractivity contribution in [3.8, 4) is 0 Å². The zero-order valence-corrected chi connectivity index (χ0v) is 10.6. The minimum absolute atomic E-state index is 0.550. The molecule has 1 heterocycles. The van der Waals surface area contributed by atoms with Crippen LogP contribution in [0.4, 0.5) is 0 Å². The summed E-state index contributed by atoms with van der Waals surface area (Å²) in [6.07, 6.45) is 4.18. The van der Waals surface area contributed by atoms with Crippen molar-refractivity contribution < 1.29 is 9.90 Å². The van der Waals surface area contributed by atoms with E-state index in [0.29, 0.717) is 18.0 Å². The number of nitrogens with zero attached hydrogens (tertiary/aromatic N) is 1. The van der Waals surface area contributed by atoms with Gasteiger partial charge in [-0.25, -0.2) is 4.79 Å². The van der Waals surface area contributed by atoms with Crippen molar-refractivity contribution in [1.82, 2.24) is 10.3 Å². The van der Waals surface area contributed by atoms with E-state index in [9.17, 15) is 9.90 Å². The zero-order chi connectivity index (χ0) is 12.9. The number of carboxylic acid groups (broad SMARTS) is 1. The van der Waals surface area contributed by atoms with Crippen molar-refractivity contribution >= 4 is 5.97 Å². The van der Waals surface area contributed by atoms with Gasteiger partial charge in [0.05, 0.1) is 0 Å². The lowest BCUT2D eigenvalue weighted by Crippen LogP contribution is -2.47. The van der Waals surface area contributed by atoms with Crippen molar-refractivity contribution in [1.29, 1.82) is 0 Å². The first-order valence-corrected chi connectivity index (χ1v) is 5.85. The highest BCUT2D eigenvalue weighted by molar-refractivity contribution is 5.80. The number of nitrogens with one attached hydrogen (secondary N) is 1. The molecule has 0 saturated carbocycles. The Balaban J connectivity index is 2.80. The Kier molecular flexibility index (Phi) is 4.63. The molecule has 1 aromatic rings. The van der Waals surface area contributed by atoms with Crippen LogP contribution in [0.1, 0.15) is 32.8 Å². The van der Waals surface area contributed by atoms with Crippen LogP contribution in [0.3, 0.4) is 0 Å².